The third kappa shape index (κ3) is 5.58. The minimum atomic E-state index is -0.116. The zero-order chi connectivity index (χ0) is 36.9. The summed E-state index contributed by atoms with van der Waals surface area (Å²) in [4.78, 5) is 4.86. The summed E-state index contributed by atoms with van der Waals surface area (Å²) < 4.78 is 10.2. The third-order valence-corrected chi connectivity index (χ3v) is 11.0. The van der Waals surface area contributed by atoms with Crippen LogP contribution in [0.5, 0.6) is 11.5 Å². The van der Waals surface area contributed by atoms with Gasteiger partial charge in [0.15, 0.2) is 12.4 Å². The summed E-state index contributed by atoms with van der Waals surface area (Å²) in [5, 5.41) is 2.28. The SMILES string of the molecule is CC(C)Cc1ccnc(-n2c3[c-]c(Oc4[c-]c([N+]56[CH-][N@+]5(c5cccc(C(C)(C)C)c5)c5ccccc56)cc(C(C)(C)C)c4)ccc3c3ccccc32)c1.[Pt]. The molecule has 2 atom stereocenters. The van der Waals surface area contributed by atoms with Crippen LogP contribution >= 0.6 is 0 Å². The molecule has 6 heteroatoms. The van der Waals surface area contributed by atoms with E-state index in [9.17, 15) is 0 Å². The van der Waals surface area contributed by atoms with Gasteiger partial charge in [0, 0.05) is 68.5 Å². The van der Waals surface area contributed by atoms with Gasteiger partial charge in [-0.25, -0.2) is 9.58 Å². The Morgan fingerprint density at radius 2 is 1.43 bits per heavy atom. The van der Waals surface area contributed by atoms with E-state index in [0.29, 0.717) is 26.6 Å². The second-order valence-electron chi connectivity index (χ2n) is 17.3. The smallest absolute Gasteiger partial charge is 0.225 e. The first kappa shape index (κ1) is 36.4. The van der Waals surface area contributed by atoms with E-state index in [-0.39, 0.29) is 31.9 Å². The topological polar surface area (TPSA) is 27.1 Å². The number of ether oxygens (including phenoxy) is 1. The number of fused-ring (bicyclic) bond motifs is 7. The van der Waals surface area contributed by atoms with Crippen LogP contribution in [-0.2, 0) is 38.3 Å². The summed E-state index contributed by atoms with van der Waals surface area (Å²) >= 11 is 0. The molecule has 2 aliphatic heterocycles. The molecular formula is C48H47N4OPt-. The third-order valence-electron chi connectivity index (χ3n) is 11.0. The van der Waals surface area contributed by atoms with E-state index >= 15 is 0 Å². The molecule has 0 saturated carbocycles. The van der Waals surface area contributed by atoms with Crippen molar-refractivity contribution in [3.8, 4) is 17.3 Å². The summed E-state index contributed by atoms with van der Waals surface area (Å²) in [7, 11) is 0. The first-order valence-corrected chi connectivity index (χ1v) is 18.8. The fraction of sp³-hybridized carbons (Fsp3) is 0.250. The Bertz CT molecular complexity index is 2570. The van der Waals surface area contributed by atoms with Crippen LogP contribution in [0.3, 0.4) is 0 Å². The molecule has 0 spiro atoms. The van der Waals surface area contributed by atoms with Crippen LogP contribution in [0, 0.1) is 24.7 Å². The molecular weight excluding hydrogens is 844 g/mol. The maximum atomic E-state index is 6.82. The van der Waals surface area contributed by atoms with Crippen molar-refractivity contribution in [2.75, 3.05) is 0 Å². The van der Waals surface area contributed by atoms with Crippen molar-refractivity contribution in [1.82, 2.24) is 18.7 Å². The first-order chi connectivity index (χ1) is 25.3. The van der Waals surface area contributed by atoms with Crippen molar-refractivity contribution in [3.05, 3.63) is 151 Å². The van der Waals surface area contributed by atoms with E-state index in [0.717, 1.165) is 34.3 Å². The van der Waals surface area contributed by atoms with Gasteiger partial charge >= 0.3 is 0 Å². The van der Waals surface area contributed by atoms with Gasteiger partial charge < -0.3 is 9.30 Å². The van der Waals surface area contributed by atoms with Crippen molar-refractivity contribution in [2.24, 2.45) is 5.92 Å². The quantitative estimate of drug-likeness (QED) is 0.0906. The van der Waals surface area contributed by atoms with E-state index < -0.39 is 0 Å². The number of benzene rings is 5. The van der Waals surface area contributed by atoms with Gasteiger partial charge in [0.1, 0.15) is 5.82 Å². The molecule has 4 heterocycles. The monoisotopic (exact) mass is 890 g/mol. The first-order valence-electron chi connectivity index (χ1n) is 18.8. The number of hydrogen-bond acceptors (Lipinski definition) is 2. The van der Waals surface area contributed by atoms with Gasteiger partial charge in [0.25, 0.3) is 0 Å². The molecule has 1 fully saturated rings. The second kappa shape index (κ2) is 12.8. The molecule has 276 valence electrons. The van der Waals surface area contributed by atoms with E-state index in [2.05, 4.69) is 182 Å². The average molecular weight is 891 g/mol. The number of aromatic nitrogens is 2. The Morgan fingerprint density at radius 1 is 0.704 bits per heavy atom. The molecule has 5 aromatic carbocycles. The maximum absolute atomic E-state index is 6.82. The molecule has 0 bridgehead atoms. The Hall–Kier alpha value is -4.54. The summed E-state index contributed by atoms with van der Waals surface area (Å²) in [6, 6.07) is 46.9. The Kier molecular flexibility index (Phi) is 8.61. The van der Waals surface area contributed by atoms with Gasteiger partial charge in [-0.2, -0.15) is 10.7 Å². The minimum Gasteiger partial charge on any atom is -0.509 e. The predicted molar refractivity (Wildman–Crippen MR) is 219 cm³/mol. The van der Waals surface area contributed by atoms with E-state index in [4.69, 9.17) is 9.72 Å². The summed E-state index contributed by atoms with van der Waals surface area (Å²) in [6.45, 7) is 20.6. The fourth-order valence-corrected chi connectivity index (χ4v) is 8.28. The van der Waals surface area contributed by atoms with Crippen molar-refractivity contribution in [3.63, 3.8) is 0 Å². The molecule has 1 saturated heterocycles. The number of quaternary nitrogens is 2. The molecule has 0 aliphatic carbocycles. The molecule has 2 aliphatic rings. The van der Waals surface area contributed by atoms with Crippen molar-refractivity contribution >= 4 is 44.6 Å². The van der Waals surface area contributed by atoms with Crippen molar-refractivity contribution < 1.29 is 25.8 Å². The van der Waals surface area contributed by atoms with Gasteiger partial charge in [-0.3, -0.25) is 0 Å². The molecule has 9 rings (SSSR count). The average Bonchev–Trinajstić information content (AvgIpc) is 3.61. The van der Waals surface area contributed by atoms with Gasteiger partial charge in [-0.05, 0) is 57.9 Å². The van der Waals surface area contributed by atoms with Crippen LogP contribution in [0.4, 0.5) is 22.7 Å². The van der Waals surface area contributed by atoms with E-state index in [1.165, 1.54) is 39.1 Å². The Balaban J connectivity index is 0.00000413. The number of rotatable bonds is 7. The normalized spacial score (nSPS) is 18.9. The van der Waals surface area contributed by atoms with Gasteiger partial charge in [-0.15, -0.1) is 35.2 Å². The van der Waals surface area contributed by atoms with E-state index in [1.54, 1.807) is 0 Å². The zero-order valence-electron chi connectivity index (χ0n) is 32.3. The Morgan fingerprint density at radius 3 is 2.17 bits per heavy atom. The number of hydrogen-bond donors (Lipinski definition) is 0. The second-order valence-corrected chi connectivity index (χ2v) is 17.3. The Labute approximate surface area is 334 Å². The molecule has 1 unspecified atom stereocenters. The van der Waals surface area contributed by atoms with Gasteiger partial charge in [0.2, 0.25) is 11.4 Å². The number of para-hydroxylation sites is 3. The predicted octanol–water partition coefficient (Wildman–Crippen LogP) is 12.7. The minimum absolute atomic E-state index is 0. The van der Waals surface area contributed by atoms with Crippen molar-refractivity contribution in [2.45, 2.75) is 72.6 Å². The van der Waals surface area contributed by atoms with Gasteiger partial charge in [-0.1, -0.05) is 109 Å². The zero-order valence-corrected chi connectivity index (χ0v) is 34.6. The fourth-order valence-electron chi connectivity index (χ4n) is 8.28. The van der Waals surface area contributed by atoms with Crippen LogP contribution in [0.2, 0.25) is 0 Å². The van der Waals surface area contributed by atoms with Gasteiger partial charge in [0.05, 0.1) is 5.69 Å². The molecule has 0 amide bonds. The van der Waals surface area contributed by atoms with Crippen LogP contribution in [0.1, 0.15) is 72.1 Å². The van der Waals surface area contributed by atoms with Crippen LogP contribution < -0.4 is 13.9 Å². The molecule has 5 nitrogen and oxygen atoms in total. The summed E-state index contributed by atoms with van der Waals surface area (Å²) in [5.74, 6) is 2.77. The molecule has 0 N–H and O–H groups in total. The number of nitrogens with zero attached hydrogens (tertiary/aromatic N) is 4. The van der Waals surface area contributed by atoms with Crippen LogP contribution in [0.15, 0.2) is 115 Å². The summed E-state index contributed by atoms with van der Waals surface area (Å²) in [6.07, 6.45) is 2.92. The standard InChI is InChI=1S/C48H47N4O.Pt/c1-32(2)24-33-22-23-49-46(25-33)50-42-17-10-9-16-40(42)41-21-20-38(30-43(41)50)53-39-28-35(48(6,7)8)27-37(29-39)52-31-51(52,44-18-11-12-19-45(44)52)36-15-13-14-34(26-36)47(3,4)5;/h9-23,25-28,31-32H,24H2,1-8H3;/q-1;/t51-,52?;/m0./s1. The molecule has 0 radical (unpaired) electrons. The van der Waals surface area contributed by atoms with E-state index in [1.807, 2.05) is 12.3 Å². The number of pyridine rings is 1. The molecule has 2 aromatic heterocycles. The maximum Gasteiger partial charge on any atom is 0.225 e. The van der Waals surface area contributed by atoms with Crippen molar-refractivity contribution in [1.29, 1.82) is 0 Å². The van der Waals surface area contributed by atoms with Crippen LogP contribution in [0.25, 0.3) is 27.6 Å². The molecule has 54 heavy (non-hydrogen) atoms. The molecule has 7 aromatic rings. The summed E-state index contributed by atoms with van der Waals surface area (Å²) in [5.41, 5.74) is 10.7. The van der Waals surface area contributed by atoms with Crippen LogP contribution in [-0.4, -0.2) is 9.55 Å². The largest absolute Gasteiger partial charge is 0.509 e.